The molecular formula is C15H18N2O. The van der Waals surface area contributed by atoms with E-state index in [1.54, 1.807) is 6.26 Å². The molecule has 94 valence electrons. The van der Waals surface area contributed by atoms with Gasteiger partial charge in [-0.1, -0.05) is 23.4 Å². The van der Waals surface area contributed by atoms with Gasteiger partial charge in [0.15, 0.2) is 0 Å². The minimum Gasteiger partial charge on any atom is -0.384 e. The summed E-state index contributed by atoms with van der Waals surface area (Å²) >= 11 is 0. The lowest BCUT2D eigenvalue weighted by Gasteiger charge is -2.24. The Kier molecular flexibility index (Phi) is 2.44. The molecule has 1 aromatic heterocycles. The molecule has 0 saturated carbocycles. The first-order valence-corrected chi connectivity index (χ1v) is 6.38. The number of aromatic nitrogens is 1. The van der Waals surface area contributed by atoms with E-state index in [2.05, 4.69) is 42.5 Å². The van der Waals surface area contributed by atoms with E-state index in [0.717, 1.165) is 24.2 Å². The van der Waals surface area contributed by atoms with Crippen molar-refractivity contribution in [1.29, 1.82) is 0 Å². The number of nitrogens with zero attached hydrogens (tertiary/aromatic N) is 1. The van der Waals surface area contributed by atoms with Crippen molar-refractivity contribution < 1.29 is 4.52 Å². The molecule has 0 saturated heterocycles. The van der Waals surface area contributed by atoms with Gasteiger partial charge >= 0.3 is 0 Å². The fourth-order valence-electron chi connectivity index (χ4n) is 3.12. The van der Waals surface area contributed by atoms with Crippen LogP contribution >= 0.6 is 0 Å². The molecule has 1 aromatic carbocycles. The summed E-state index contributed by atoms with van der Waals surface area (Å²) in [5.41, 5.74) is 6.23. The van der Waals surface area contributed by atoms with Gasteiger partial charge in [-0.3, -0.25) is 0 Å². The van der Waals surface area contributed by atoms with Gasteiger partial charge in [-0.25, -0.2) is 0 Å². The van der Waals surface area contributed by atoms with Crippen LogP contribution in [-0.4, -0.2) is 12.2 Å². The molecule has 0 radical (unpaired) electrons. The summed E-state index contributed by atoms with van der Waals surface area (Å²) in [4.78, 5) is 0. The maximum absolute atomic E-state index is 5.15. The lowest BCUT2D eigenvalue weighted by Crippen LogP contribution is -2.21. The van der Waals surface area contributed by atoms with E-state index in [9.17, 15) is 0 Å². The molecule has 3 nitrogen and oxygen atoms in total. The molecule has 0 fully saturated rings. The van der Waals surface area contributed by atoms with Crippen LogP contribution in [0.3, 0.4) is 0 Å². The van der Waals surface area contributed by atoms with Crippen molar-refractivity contribution in [2.75, 3.05) is 12.4 Å². The monoisotopic (exact) mass is 242 g/mol. The summed E-state index contributed by atoms with van der Waals surface area (Å²) < 4.78 is 5.15. The zero-order valence-electron chi connectivity index (χ0n) is 11.1. The quantitative estimate of drug-likeness (QED) is 0.878. The molecule has 0 aliphatic heterocycles. The molecule has 1 aliphatic carbocycles. The van der Waals surface area contributed by atoms with Crippen molar-refractivity contribution >= 4 is 5.69 Å². The highest BCUT2D eigenvalue weighted by molar-refractivity contribution is 5.56. The summed E-state index contributed by atoms with van der Waals surface area (Å²) in [7, 11) is 1.91. The first-order valence-electron chi connectivity index (χ1n) is 6.38. The third kappa shape index (κ3) is 1.40. The molecule has 18 heavy (non-hydrogen) atoms. The van der Waals surface area contributed by atoms with Gasteiger partial charge in [-0.05, 0) is 43.4 Å². The Morgan fingerprint density at radius 1 is 1.39 bits per heavy atom. The van der Waals surface area contributed by atoms with Gasteiger partial charge in [0.05, 0.1) is 5.69 Å². The second-order valence-corrected chi connectivity index (χ2v) is 5.26. The smallest absolute Gasteiger partial charge is 0.147 e. The topological polar surface area (TPSA) is 38.1 Å². The summed E-state index contributed by atoms with van der Waals surface area (Å²) in [6.45, 7) is 4.45. The van der Waals surface area contributed by atoms with Crippen molar-refractivity contribution in [2.24, 2.45) is 0 Å². The minimum atomic E-state index is -0.0350. The average Bonchev–Trinajstić information content (AvgIpc) is 2.96. The Balaban J connectivity index is 2.18. The fraction of sp³-hybridized carbons (Fsp3) is 0.400. The lowest BCUT2D eigenvalue weighted by atomic mass is 9.80. The van der Waals surface area contributed by atoms with E-state index in [0.29, 0.717) is 0 Å². The first-order chi connectivity index (χ1) is 8.66. The average molecular weight is 242 g/mol. The second kappa shape index (κ2) is 3.87. The third-order valence-corrected chi connectivity index (χ3v) is 4.24. The second-order valence-electron chi connectivity index (χ2n) is 5.26. The SMILES string of the molecule is CNc1conc1C1(C)CCc2c(C)cccc21. The van der Waals surface area contributed by atoms with E-state index in [1.807, 2.05) is 7.05 Å². The molecule has 0 spiro atoms. The fourth-order valence-corrected chi connectivity index (χ4v) is 3.12. The molecule has 3 rings (SSSR count). The molecule has 1 aliphatic rings. The molecule has 1 heterocycles. The number of nitrogens with one attached hydrogen (secondary N) is 1. The predicted octanol–water partition coefficient (Wildman–Crippen LogP) is 3.28. The van der Waals surface area contributed by atoms with Crippen LogP contribution in [0.5, 0.6) is 0 Å². The molecule has 1 atom stereocenters. The Labute approximate surface area is 107 Å². The summed E-state index contributed by atoms with van der Waals surface area (Å²) in [6, 6.07) is 6.55. The normalized spacial score (nSPS) is 21.9. The van der Waals surface area contributed by atoms with E-state index < -0.39 is 0 Å². The highest BCUT2D eigenvalue weighted by atomic mass is 16.5. The molecule has 2 aromatic rings. The zero-order chi connectivity index (χ0) is 12.8. The summed E-state index contributed by atoms with van der Waals surface area (Å²) in [5, 5.41) is 7.40. The molecule has 0 amide bonds. The van der Waals surface area contributed by atoms with Crippen LogP contribution in [0.2, 0.25) is 0 Å². The summed E-state index contributed by atoms with van der Waals surface area (Å²) in [6.07, 6.45) is 3.90. The van der Waals surface area contributed by atoms with Crippen LogP contribution in [0.25, 0.3) is 0 Å². The van der Waals surface area contributed by atoms with Gasteiger partial charge < -0.3 is 9.84 Å². The Morgan fingerprint density at radius 2 is 2.22 bits per heavy atom. The van der Waals surface area contributed by atoms with Gasteiger partial charge in [-0.2, -0.15) is 0 Å². The number of fused-ring (bicyclic) bond motifs is 1. The zero-order valence-corrected chi connectivity index (χ0v) is 11.1. The van der Waals surface area contributed by atoms with Crippen molar-refractivity contribution in [3.63, 3.8) is 0 Å². The van der Waals surface area contributed by atoms with Crippen molar-refractivity contribution in [3.8, 4) is 0 Å². The van der Waals surface area contributed by atoms with Gasteiger partial charge in [-0.15, -0.1) is 0 Å². The Hall–Kier alpha value is -1.77. The van der Waals surface area contributed by atoms with E-state index in [-0.39, 0.29) is 5.41 Å². The molecule has 0 bridgehead atoms. The summed E-state index contributed by atoms with van der Waals surface area (Å²) in [5.74, 6) is 0. The number of anilines is 1. The van der Waals surface area contributed by atoms with E-state index in [1.165, 1.54) is 16.7 Å². The highest BCUT2D eigenvalue weighted by Crippen LogP contribution is 2.46. The molecular weight excluding hydrogens is 224 g/mol. The van der Waals surface area contributed by atoms with Crippen molar-refractivity contribution in [3.05, 3.63) is 46.8 Å². The minimum absolute atomic E-state index is 0.0350. The van der Waals surface area contributed by atoms with E-state index in [4.69, 9.17) is 4.52 Å². The maximum Gasteiger partial charge on any atom is 0.147 e. The molecule has 1 N–H and O–H groups in total. The number of aryl methyl sites for hydroxylation is 1. The van der Waals surface area contributed by atoms with Crippen molar-refractivity contribution in [2.45, 2.75) is 32.1 Å². The number of hydrogen-bond donors (Lipinski definition) is 1. The highest BCUT2D eigenvalue weighted by Gasteiger charge is 2.40. The van der Waals surface area contributed by atoms with Crippen LogP contribution in [0.4, 0.5) is 5.69 Å². The largest absolute Gasteiger partial charge is 0.384 e. The predicted molar refractivity (Wildman–Crippen MR) is 72.0 cm³/mol. The maximum atomic E-state index is 5.15. The van der Waals surface area contributed by atoms with Gasteiger partial charge in [0.1, 0.15) is 12.0 Å². The lowest BCUT2D eigenvalue weighted by molar-refractivity contribution is 0.392. The number of rotatable bonds is 2. The third-order valence-electron chi connectivity index (χ3n) is 4.24. The van der Waals surface area contributed by atoms with Gasteiger partial charge in [0.2, 0.25) is 0 Å². The van der Waals surface area contributed by atoms with Gasteiger partial charge in [0, 0.05) is 12.5 Å². The van der Waals surface area contributed by atoms with Crippen LogP contribution in [-0.2, 0) is 11.8 Å². The molecule has 3 heteroatoms. The standard InChI is InChI=1S/C15H18N2O/c1-10-5-4-6-12-11(10)7-8-15(12,2)14-13(16-3)9-18-17-14/h4-6,9,16H,7-8H2,1-3H3. The van der Waals surface area contributed by atoms with Crippen LogP contribution in [0.15, 0.2) is 29.0 Å². The van der Waals surface area contributed by atoms with Crippen molar-refractivity contribution in [1.82, 2.24) is 5.16 Å². The van der Waals surface area contributed by atoms with Crippen LogP contribution in [0.1, 0.15) is 35.7 Å². The Bertz CT molecular complexity index is 588. The number of benzene rings is 1. The van der Waals surface area contributed by atoms with Crippen LogP contribution in [0, 0.1) is 6.92 Å². The van der Waals surface area contributed by atoms with Crippen LogP contribution < -0.4 is 5.32 Å². The molecule has 1 unspecified atom stereocenters. The number of hydrogen-bond acceptors (Lipinski definition) is 3. The Morgan fingerprint density at radius 3 is 3.00 bits per heavy atom. The van der Waals surface area contributed by atoms with E-state index >= 15 is 0 Å². The first kappa shape index (κ1) is 11.3. The van der Waals surface area contributed by atoms with Gasteiger partial charge in [0.25, 0.3) is 0 Å².